The van der Waals surface area contributed by atoms with E-state index in [0.29, 0.717) is 0 Å². The summed E-state index contributed by atoms with van der Waals surface area (Å²) >= 11 is 1.70. The highest BCUT2D eigenvalue weighted by Gasteiger charge is 2.49. The van der Waals surface area contributed by atoms with Gasteiger partial charge in [-0.25, -0.2) is 4.39 Å². The van der Waals surface area contributed by atoms with Crippen LogP contribution in [0.1, 0.15) is 37.9 Å². The van der Waals surface area contributed by atoms with Gasteiger partial charge < -0.3 is 9.33 Å². The van der Waals surface area contributed by atoms with Crippen molar-refractivity contribution in [2.45, 2.75) is 56.6 Å². The molecule has 184 valence electrons. The number of carbonyl (C=O) groups is 1. The normalized spacial score (nSPS) is 18.3. The number of anilines is 1. The summed E-state index contributed by atoms with van der Waals surface area (Å²) in [4.78, 5) is 15.0. The summed E-state index contributed by atoms with van der Waals surface area (Å²) in [5.41, 5.74) is 3.06. The quantitative estimate of drug-likeness (QED) is 0.232. The molecule has 35 heavy (non-hydrogen) atoms. The fraction of sp³-hybridized carbons (Fsp3) is 0.345. The Morgan fingerprint density at radius 1 is 0.943 bits per heavy atom. The maximum atomic E-state index is 13.5. The van der Waals surface area contributed by atoms with Crippen LogP contribution in [0, 0.1) is 5.82 Å². The molecule has 1 aliphatic rings. The van der Waals surface area contributed by atoms with E-state index in [1.807, 2.05) is 30.3 Å². The van der Waals surface area contributed by atoms with Gasteiger partial charge in [0.2, 0.25) is 14.2 Å². The van der Waals surface area contributed by atoms with Gasteiger partial charge in [-0.3, -0.25) is 4.79 Å². The van der Waals surface area contributed by atoms with E-state index >= 15 is 0 Å². The first-order chi connectivity index (χ1) is 16.6. The Morgan fingerprint density at radius 2 is 1.57 bits per heavy atom. The minimum Gasteiger partial charge on any atom is -0.544 e. The van der Waals surface area contributed by atoms with E-state index in [4.69, 9.17) is 4.43 Å². The maximum absolute atomic E-state index is 13.5. The molecule has 0 aromatic heterocycles. The zero-order valence-corrected chi connectivity index (χ0v) is 22.9. The molecule has 0 aliphatic carbocycles. The van der Waals surface area contributed by atoms with Crippen LogP contribution < -0.4 is 9.33 Å². The fourth-order valence-electron chi connectivity index (χ4n) is 3.97. The lowest BCUT2D eigenvalue weighted by Crippen LogP contribution is -2.57. The highest BCUT2D eigenvalue weighted by Crippen LogP contribution is 2.46. The van der Waals surface area contributed by atoms with Gasteiger partial charge in [-0.15, -0.1) is 11.8 Å². The van der Waals surface area contributed by atoms with Crippen molar-refractivity contribution in [1.82, 2.24) is 0 Å². The molecule has 1 aliphatic heterocycles. The molecule has 6 heteroatoms. The number of thioether (sulfide) groups is 1. The van der Waals surface area contributed by atoms with E-state index in [1.165, 1.54) is 17.7 Å². The second-order valence-corrected chi connectivity index (χ2v) is 16.6. The van der Waals surface area contributed by atoms with E-state index in [0.717, 1.165) is 29.2 Å². The van der Waals surface area contributed by atoms with Crippen molar-refractivity contribution in [2.24, 2.45) is 0 Å². The number of benzene rings is 3. The topological polar surface area (TPSA) is 29.5 Å². The second kappa shape index (κ2) is 10.2. The van der Waals surface area contributed by atoms with Gasteiger partial charge >= 0.3 is 0 Å². The molecule has 2 atom stereocenters. The third kappa shape index (κ3) is 5.65. The van der Waals surface area contributed by atoms with Crippen LogP contribution in [0.5, 0.6) is 5.75 Å². The molecule has 3 aromatic carbocycles. The lowest BCUT2D eigenvalue weighted by atomic mass is 9.92. The summed E-state index contributed by atoms with van der Waals surface area (Å²) in [6.45, 7) is 11.2. The number of rotatable bonds is 8. The number of aryl methyl sites for hydroxylation is 1. The molecule has 0 N–H and O–H groups in total. The maximum Gasteiger partial charge on any atom is 0.250 e. The Kier molecular flexibility index (Phi) is 7.43. The van der Waals surface area contributed by atoms with Crippen molar-refractivity contribution >= 4 is 31.7 Å². The standard InChI is InChI=1S/C29H34FNO2SSi/c1-29(2,3)35(4,5)33-25-17-11-22(12-18-25)26-27(34-20-19-21-9-7-6-8-10-21)28(32)31(26)24-15-13-23(30)14-16-24/h6-18,26-27H,19-20H2,1-5H3/t26-,27+/m1/s1. The number of hydrogen-bond acceptors (Lipinski definition) is 3. The Hall–Kier alpha value is -2.57. The van der Waals surface area contributed by atoms with E-state index in [9.17, 15) is 9.18 Å². The predicted octanol–water partition coefficient (Wildman–Crippen LogP) is 7.64. The Balaban J connectivity index is 1.54. The fourth-order valence-corrected chi connectivity index (χ4v) is 6.32. The van der Waals surface area contributed by atoms with E-state index in [1.54, 1.807) is 28.8 Å². The first-order valence-corrected chi connectivity index (χ1v) is 16.1. The molecule has 0 bridgehead atoms. The van der Waals surface area contributed by atoms with Gasteiger partial charge in [0.25, 0.3) is 0 Å². The molecule has 3 nitrogen and oxygen atoms in total. The Labute approximate surface area is 213 Å². The van der Waals surface area contributed by atoms with Crippen LogP contribution in [0.2, 0.25) is 18.1 Å². The molecular formula is C29H34FNO2SSi. The largest absolute Gasteiger partial charge is 0.544 e. The zero-order chi connectivity index (χ0) is 25.2. The third-order valence-corrected chi connectivity index (χ3v) is 12.7. The molecule has 0 radical (unpaired) electrons. The van der Waals surface area contributed by atoms with Gasteiger partial charge in [0, 0.05) is 5.69 Å². The van der Waals surface area contributed by atoms with Crippen molar-refractivity contribution in [3.05, 3.63) is 95.8 Å². The molecule has 4 rings (SSSR count). The summed E-state index contributed by atoms with van der Waals surface area (Å²) in [7, 11) is -1.93. The van der Waals surface area contributed by atoms with E-state index < -0.39 is 8.32 Å². The smallest absolute Gasteiger partial charge is 0.250 e. The average molecular weight is 508 g/mol. The molecular weight excluding hydrogens is 473 g/mol. The molecule has 0 saturated carbocycles. The Bertz CT molecular complexity index is 1140. The van der Waals surface area contributed by atoms with Gasteiger partial charge in [-0.2, -0.15) is 0 Å². The van der Waals surface area contributed by atoms with E-state index in [-0.39, 0.29) is 28.1 Å². The number of amides is 1. The van der Waals surface area contributed by atoms with Gasteiger partial charge in [0.15, 0.2) is 0 Å². The van der Waals surface area contributed by atoms with Crippen LogP contribution in [-0.4, -0.2) is 25.2 Å². The lowest BCUT2D eigenvalue weighted by Gasteiger charge is -2.47. The number of carbonyl (C=O) groups excluding carboxylic acids is 1. The minimum atomic E-state index is -1.93. The van der Waals surface area contributed by atoms with Gasteiger partial charge in [-0.1, -0.05) is 63.2 Å². The van der Waals surface area contributed by atoms with Crippen LogP contribution in [0.4, 0.5) is 10.1 Å². The molecule has 1 fully saturated rings. The number of β-lactam (4-membered cyclic amide) rings is 1. The van der Waals surface area contributed by atoms with Crippen LogP contribution in [0.3, 0.4) is 0 Å². The minimum absolute atomic E-state index is 0.0706. The predicted molar refractivity (Wildman–Crippen MR) is 147 cm³/mol. The van der Waals surface area contributed by atoms with Crippen molar-refractivity contribution in [1.29, 1.82) is 0 Å². The van der Waals surface area contributed by atoms with Crippen LogP contribution >= 0.6 is 11.8 Å². The third-order valence-electron chi connectivity index (χ3n) is 7.08. The highest BCUT2D eigenvalue weighted by atomic mass is 32.2. The zero-order valence-electron chi connectivity index (χ0n) is 21.1. The molecule has 1 saturated heterocycles. The van der Waals surface area contributed by atoms with Crippen LogP contribution in [0.25, 0.3) is 0 Å². The monoisotopic (exact) mass is 507 g/mol. The van der Waals surface area contributed by atoms with Gasteiger partial charge in [0.1, 0.15) is 16.8 Å². The van der Waals surface area contributed by atoms with Crippen LogP contribution in [0.15, 0.2) is 78.9 Å². The summed E-state index contributed by atoms with van der Waals surface area (Å²) in [6.07, 6.45) is 0.915. The van der Waals surface area contributed by atoms with Crippen molar-refractivity contribution in [3.63, 3.8) is 0 Å². The number of halogens is 1. The van der Waals surface area contributed by atoms with Crippen molar-refractivity contribution in [3.8, 4) is 5.75 Å². The highest BCUT2D eigenvalue weighted by molar-refractivity contribution is 8.00. The first kappa shape index (κ1) is 25.5. The van der Waals surface area contributed by atoms with Crippen LogP contribution in [-0.2, 0) is 11.2 Å². The molecule has 0 unspecified atom stereocenters. The number of nitrogens with zero attached hydrogens (tertiary/aromatic N) is 1. The first-order valence-electron chi connectivity index (χ1n) is 12.1. The van der Waals surface area contributed by atoms with E-state index in [2.05, 4.69) is 58.1 Å². The molecule has 1 heterocycles. The summed E-state index contributed by atoms with van der Waals surface area (Å²) < 4.78 is 20.0. The van der Waals surface area contributed by atoms with Crippen molar-refractivity contribution < 1.29 is 13.6 Å². The number of hydrogen-bond donors (Lipinski definition) is 0. The molecule has 1 amide bonds. The molecule has 0 spiro atoms. The summed E-state index contributed by atoms with van der Waals surface area (Å²) in [5.74, 6) is 1.49. The molecule has 3 aromatic rings. The summed E-state index contributed by atoms with van der Waals surface area (Å²) in [6, 6.07) is 24.6. The SMILES string of the molecule is CC(C)(C)[Si](C)(C)Oc1ccc([C@@H]2[C@H](SCCc3ccccc3)C(=O)N2c2ccc(F)cc2)cc1. The second-order valence-electron chi connectivity index (χ2n) is 10.6. The lowest BCUT2D eigenvalue weighted by molar-refractivity contribution is -0.123. The van der Waals surface area contributed by atoms with Crippen molar-refractivity contribution in [2.75, 3.05) is 10.7 Å². The van der Waals surface area contributed by atoms with Gasteiger partial charge in [-0.05, 0) is 77.8 Å². The van der Waals surface area contributed by atoms with Gasteiger partial charge in [0.05, 0.1) is 6.04 Å². The summed E-state index contributed by atoms with van der Waals surface area (Å²) in [5, 5.41) is -0.0534. The Morgan fingerprint density at radius 3 is 2.17 bits per heavy atom. The average Bonchev–Trinajstić information content (AvgIpc) is 2.81.